The van der Waals surface area contributed by atoms with Gasteiger partial charge in [-0.3, -0.25) is 0 Å². The van der Waals surface area contributed by atoms with Crippen molar-refractivity contribution in [2.75, 3.05) is 0 Å². The largest absolute Gasteiger partial charge is 0.0748 e. The highest BCUT2D eigenvalue weighted by molar-refractivity contribution is 7.09. The third-order valence-corrected chi connectivity index (χ3v) is 12.9. The van der Waals surface area contributed by atoms with Gasteiger partial charge in [-0.25, -0.2) is 0 Å². The number of rotatable bonds is 2. The molecule has 0 heterocycles. The van der Waals surface area contributed by atoms with Crippen LogP contribution in [0.3, 0.4) is 0 Å². The van der Waals surface area contributed by atoms with Crippen LogP contribution in [0.5, 0.6) is 0 Å². The molecule has 0 amide bonds. The Morgan fingerprint density at radius 3 is 1.75 bits per heavy atom. The van der Waals surface area contributed by atoms with E-state index < -0.39 is 8.07 Å². The maximum absolute atomic E-state index is 2.50. The molecule has 8 heavy (non-hydrogen) atoms. The molecule has 0 saturated heterocycles. The van der Waals surface area contributed by atoms with E-state index in [4.69, 9.17) is 0 Å². The molecule has 0 aliphatic carbocycles. The van der Waals surface area contributed by atoms with Gasteiger partial charge in [0.25, 0.3) is 0 Å². The van der Waals surface area contributed by atoms with Gasteiger partial charge < -0.3 is 0 Å². The molecule has 0 bridgehead atoms. The van der Waals surface area contributed by atoms with Gasteiger partial charge in [0.2, 0.25) is 0 Å². The lowest BCUT2D eigenvalue weighted by Gasteiger charge is -2.16. The Balaban J connectivity index is 3.39. The SMILES string of the molecule is C[SiH]([SiH3])C[Si](C)(C)C. The average Bonchev–Trinajstić information content (AvgIpc) is 1.21. The lowest BCUT2D eigenvalue weighted by Crippen LogP contribution is -2.27. The molecule has 0 aromatic heterocycles. The molecule has 0 aliphatic rings. The predicted molar refractivity (Wildman–Crippen MR) is 51.1 cm³/mol. The van der Waals surface area contributed by atoms with Gasteiger partial charge in [-0.15, -0.1) is 0 Å². The molecule has 3 heteroatoms. The van der Waals surface area contributed by atoms with Crippen LogP contribution in [0.25, 0.3) is 0 Å². The van der Waals surface area contributed by atoms with Crippen molar-refractivity contribution in [1.82, 2.24) is 0 Å². The highest BCUT2D eigenvalue weighted by Gasteiger charge is 2.14. The second-order valence-corrected chi connectivity index (χ2v) is 19.6. The monoisotopic (exact) mass is 162 g/mol. The third kappa shape index (κ3) is 6.65. The molecule has 0 nitrogen and oxygen atoms in total. The van der Waals surface area contributed by atoms with Crippen LogP contribution in [-0.4, -0.2) is 26.1 Å². The highest BCUT2D eigenvalue weighted by Crippen LogP contribution is 2.08. The summed E-state index contributed by atoms with van der Waals surface area (Å²) in [5, 5.41) is 0. The van der Waals surface area contributed by atoms with E-state index in [1.54, 1.807) is 5.67 Å². The summed E-state index contributed by atoms with van der Waals surface area (Å²) in [4.78, 5) is 0. The van der Waals surface area contributed by atoms with Gasteiger partial charge >= 0.3 is 0 Å². The Labute approximate surface area is 58.5 Å². The van der Waals surface area contributed by atoms with E-state index in [0.29, 0.717) is 0 Å². The molecule has 0 rings (SSSR count). The van der Waals surface area contributed by atoms with Gasteiger partial charge in [0.1, 0.15) is 0 Å². The minimum atomic E-state index is -0.624. The van der Waals surface area contributed by atoms with Gasteiger partial charge in [0.15, 0.2) is 0 Å². The van der Waals surface area contributed by atoms with Crippen molar-refractivity contribution in [3.05, 3.63) is 0 Å². The molecule has 0 aliphatic heterocycles. The first kappa shape index (κ1) is 8.65. The summed E-state index contributed by atoms with van der Waals surface area (Å²) in [6.07, 6.45) is 0. The van der Waals surface area contributed by atoms with Crippen molar-refractivity contribution in [3.8, 4) is 0 Å². The van der Waals surface area contributed by atoms with E-state index in [1.807, 2.05) is 0 Å². The third-order valence-electron chi connectivity index (χ3n) is 1.02. The van der Waals surface area contributed by atoms with Crippen LogP contribution in [0.4, 0.5) is 0 Å². The van der Waals surface area contributed by atoms with Gasteiger partial charge in [-0.05, 0) is 9.76 Å². The van der Waals surface area contributed by atoms with Crippen molar-refractivity contribution >= 4 is 26.1 Å². The van der Waals surface area contributed by atoms with E-state index in [2.05, 4.69) is 26.2 Å². The molecular formula is C5H18Si3. The Morgan fingerprint density at radius 2 is 1.75 bits per heavy atom. The molecule has 0 fully saturated rings. The van der Waals surface area contributed by atoms with E-state index >= 15 is 0 Å². The molecule has 0 aromatic carbocycles. The highest BCUT2D eigenvalue weighted by atomic mass is 29.1. The van der Waals surface area contributed by atoms with Gasteiger partial charge in [-0.2, -0.15) is 0 Å². The smallest absolute Gasteiger partial charge is 0.0411 e. The van der Waals surface area contributed by atoms with Gasteiger partial charge in [0, 0.05) is 16.4 Å². The summed E-state index contributed by atoms with van der Waals surface area (Å²) in [7, 11) is 0.805. The summed E-state index contributed by atoms with van der Waals surface area (Å²) in [6, 6.07) is 0. The zero-order valence-electron chi connectivity index (χ0n) is 6.78. The zero-order chi connectivity index (χ0) is 6.78. The Hall–Kier alpha value is 0.651. The van der Waals surface area contributed by atoms with Crippen LogP contribution in [0, 0.1) is 0 Å². The first-order valence-corrected chi connectivity index (χ1v) is 13.7. The lowest BCUT2D eigenvalue weighted by atomic mass is 11.7. The number of hydrogen-bond acceptors (Lipinski definition) is 0. The fourth-order valence-electron chi connectivity index (χ4n) is 1.22. The average molecular weight is 162 g/mol. The van der Waals surface area contributed by atoms with Crippen LogP contribution in [-0.2, 0) is 0 Å². The molecule has 0 saturated carbocycles. The fraction of sp³-hybridized carbons (Fsp3) is 1.00. The van der Waals surface area contributed by atoms with Crippen LogP contribution in [0.2, 0.25) is 31.9 Å². The summed E-state index contributed by atoms with van der Waals surface area (Å²) >= 11 is 0. The maximum atomic E-state index is 2.50. The summed E-state index contributed by atoms with van der Waals surface area (Å²) in [5.74, 6) is 0. The Morgan fingerprint density at radius 1 is 1.38 bits per heavy atom. The van der Waals surface area contributed by atoms with Crippen molar-refractivity contribution in [2.24, 2.45) is 0 Å². The molecule has 0 radical (unpaired) electrons. The summed E-state index contributed by atoms with van der Waals surface area (Å²) in [6.45, 7) is 9.95. The molecule has 1 atom stereocenters. The fourth-order valence-corrected chi connectivity index (χ4v) is 22.0. The van der Waals surface area contributed by atoms with Crippen molar-refractivity contribution in [3.63, 3.8) is 0 Å². The maximum Gasteiger partial charge on any atom is 0.0411 e. The second-order valence-electron chi connectivity index (χ2n) is 4.16. The van der Waals surface area contributed by atoms with Crippen molar-refractivity contribution in [2.45, 2.75) is 31.9 Å². The molecule has 0 spiro atoms. The second kappa shape index (κ2) is 2.98. The summed E-state index contributed by atoms with van der Waals surface area (Å²) < 4.78 is 0. The van der Waals surface area contributed by atoms with Crippen LogP contribution in [0.15, 0.2) is 0 Å². The lowest BCUT2D eigenvalue weighted by molar-refractivity contribution is 1.62. The van der Waals surface area contributed by atoms with Crippen LogP contribution < -0.4 is 0 Å². The Kier molecular flexibility index (Phi) is 3.23. The van der Waals surface area contributed by atoms with Crippen LogP contribution in [0.1, 0.15) is 0 Å². The Bertz CT molecular complexity index is 62.6. The van der Waals surface area contributed by atoms with E-state index in [0.717, 1.165) is 0 Å². The topological polar surface area (TPSA) is 0 Å². The van der Waals surface area contributed by atoms with Crippen molar-refractivity contribution < 1.29 is 0 Å². The quantitative estimate of drug-likeness (QED) is 0.521. The molecule has 0 aromatic rings. The van der Waals surface area contributed by atoms with E-state index in [-0.39, 0.29) is 8.31 Å². The number of hydrogen-bond donors (Lipinski definition) is 0. The first-order valence-electron chi connectivity index (χ1n) is 3.42. The standard InChI is InChI=1S/C5H18Si3/c1-7(6)5-8(2,3)4/h7H,5H2,1-4,6H3. The molecular weight excluding hydrogens is 144 g/mol. The van der Waals surface area contributed by atoms with Gasteiger partial charge in [-0.1, -0.05) is 31.9 Å². The zero-order valence-corrected chi connectivity index (χ0v) is 10.9. The first-order chi connectivity index (χ1) is 3.42. The van der Waals surface area contributed by atoms with E-state index in [9.17, 15) is 0 Å². The molecule has 50 valence electrons. The predicted octanol–water partition coefficient (Wildman–Crippen LogP) is 0.583. The van der Waals surface area contributed by atoms with Gasteiger partial charge in [0.05, 0.1) is 0 Å². The van der Waals surface area contributed by atoms with Crippen LogP contribution >= 0.6 is 0 Å². The normalized spacial score (nSPS) is 16.5. The molecule has 1 unspecified atom stereocenters. The van der Waals surface area contributed by atoms with E-state index in [1.165, 1.54) is 9.76 Å². The minimum absolute atomic E-state index is 0.0949. The summed E-state index contributed by atoms with van der Waals surface area (Å²) in [5.41, 5.74) is 1.67. The minimum Gasteiger partial charge on any atom is -0.0748 e. The molecule has 0 N–H and O–H groups in total. The van der Waals surface area contributed by atoms with Crippen molar-refractivity contribution in [1.29, 1.82) is 0 Å².